The number of aliphatic hydroxyl groups is 1. The Morgan fingerprint density at radius 1 is 1.44 bits per heavy atom. The van der Waals surface area contributed by atoms with Gasteiger partial charge in [-0.3, -0.25) is 4.79 Å². The van der Waals surface area contributed by atoms with Gasteiger partial charge in [0.15, 0.2) is 0 Å². The first-order valence-corrected chi connectivity index (χ1v) is 6.19. The summed E-state index contributed by atoms with van der Waals surface area (Å²) in [5.74, 6) is -0.386. The van der Waals surface area contributed by atoms with Gasteiger partial charge in [-0.1, -0.05) is 24.6 Å². The maximum absolute atomic E-state index is 13.5. The average molecular weight is 251 g/mol. The predicted octanol–water partition coefficient (Wildman–Crippen LogP) is 1.95. The zero-order valence-corrected chi connectivity index (χ0v) is 10.5. The molecule has 0 radical (unpaired) electrons. The molecular weight excluding hydrogens is 233 g/mol. The monoisotopic (exact) mass is 251 g/mol. The molecule has 0 unspecified atom stereocenters. The van der Waals surface area contributed by atoms with Gasteiger partial charge in [-0.05, 0) is 18.9 Å². The molecule has 2 rings (SSSR count). The van der Waals surface area contributed by atoms with Gasteiger partial charge >= 0.3 is 0 Å². The molecule has 3 nitrogen and oxygen atoms in total. The van der Waals surface area contributed by atoms with Gasteiger partial charge in [0, 0.05) is 19.2 Å². The first kappa shape index (κ1) is 13.0. The quantitative estimate of drug-likeness (QED) is 0.888. The van der Waals surface area contributed by atoms with Crippen molar-refractivity contribution in [2.24, 2.45) is 5.41 Å². The van der Waals surface area contributed by atoms with Crippen molar-refractivity contribution in [2.45, 2.75) is 25.8 Å². The molecule has 1 aromatic rings. The molecule has 0 aromatic heterocycles. The molecule has 4 heteroatoms. The number of aliphatic hydroxyl groups excluding tert-OH is 1. The lowest BCUT2D eigenvalue weighted by Gasteiger charge is -2.41. The third-order valence-electron chi connectivity index (χ3n) is 3.78. The van der Waals surface area contributed by atoms with Crippen LogP contribution in [-0.2, 0) is 11.3 Å². The van der Waals surface area contributed by atoms with Crippen LogP contribution in [-0.4, -0.2) is 29.6 Å². The van der Waals surface area contributed by atoms with E-state index in [1.54, 1.807) is 25.2 Å². The van der Waals surface area contributed by atoms with E-state index in [2.05, 4.69) is 0 Å². The Bertz CT molecular complexity index is 438. The topological polar surface area (TPSA) is 40.5 Å². The lowest BCUT2D eigenvalue weighted by atomic mass is 9.68. The second-order valence-corrected chi connectivity index (χ2v) is 5.04. The molecule has 1 saturated carbocycles. The molecule has 0 spiro atoms. The maximum atomic E-state index is 13.5. The molecule has 1 aromatic carbocycles. The third kappa shape index (κ3) is 2.25. The van der Waals surface area contributed by atoms with Crippen LogP contribution in [0.4, 0.5) is 4.39 Å². The average Bonchev–Trinajstić information content (AvgIpc) is 2.31. The van der Waals surface area contributed by atoms with Crippen molar-refractivity contribution in [3.63, 3.8) is 0 Å². The Hall–Kier alpha value is -1.42. The van der Waals surface area contributed by atoms with Crippen LogP contribution in [0, 0.1) is 11.2 Å². The molecule has 0 aliphatic heterocycles. The van der Waals surface area contributed by atoms with Gasteiger partial charge in [-0.2, -0.15) is 0 Å². The SMILES string of the molecule is CN(Cc1ccccc1F)C(=O)C1(CO)CCC1. The van der Waals surface area contributed by atoms with E-state index in [9.17, 15) is 14.3 Å². The van der Waals surface area contributed by atoms with Crippen molar-refractivity contribution in [1.82, 2.24) is 4.90 Å². The number of carbonyl (C=O) groups excluding carboxylic acids is 1. The highest BCUT2D eigenvalue weighted by Crippen LogP contribution is 2.42. The van der Waals surface area contributed by atoms with Crippen molar-refractivity contribution in [3.8, 4) is 0 Å². The van der Waals surface area contributed by atoms with Crippen LogP contribution in [0.25, 0.3) is 0 Å². The fourth-order valence-electron chi connectivity index (χ4n) is 2.40. The molecule has 1 N–H and O–H groups in total. The molecular formula is C14H18FNO2. The first-order chi connectivity index (χ1) is 8.59. The van der Waals surface area contributed by atoms with E-state index in [0.29, 0.717) is 5.56 Å². The number of benzene rings is 1. The normalized spacial score (nSPS) is 17.1. The smallest absolute Gasteiger partial charge is 0.231 e. The minimum absolute atomic E-state index is 0.0838. The van der Waals surface area contributed by atoms with Crippen LogP contribution >= 0.6 is 0 Å². The number of carbonyl (C=O) groups is 1. The van der Waals surface area contributed by atoms with Gasteiger partial charge in [0.05, 0.1) is 12.0 Å². The molecule has 98 valence electrons. The van der Waals surface area contributed by atoms with E-state index < -0.39 is 5.41 Å². The van der Waals surface area contributed by atoms with Gasteiger partial charge in [0.1, 0.15) is 5.82 Å². The summed E-state index contributed by atoms with van der Waals surface area (Å²) >= 11 is 0. The van der Waals surface area contributed by atoms with E-state index in [4.69, 9.17) is 0 Å². The van der Waals surface area contributed by atoms with Crippen molar-refractivity contribution in [1.29, 1.82) is 0 Å². The number of rotatable bonds is 4. The van der Waals surface area contributed by atoms with Gasteiger partial charge in [0.2, 0.25) is 5.91 Å². The highest BCUT2D eigenvalue weighted by Gasteiger charge is 2.45. The van der Waals surface area contributed by atoms with Gasteiger partial charge in [0.25, 0.3) is 0 Å². The summed E-state index contributed by atoms with van der Waals surface area (Å²) in [5.41, 5.74) is -0.110. The number of hydrogen-bond donors (Lipinski definition) is 1. The Morgan fingerprint density at radius 2 is 2.11 bits per heavy atom. The van der Waals surface area contributed by atoms with Crippen molar-refractivity contribution in [2.75, 3.05) is 13.7 Å². The summed E-state index contributed by atoms with van der Waals surface area (Å²) in [5, 5.41) is 9.35. The van der Waals surface area contributed by atoms with E-state index >= 15 is 0 Å². The minimum atomic E-state index is -0.611. The number of nitrogens with zero attached hydrogens (tertiary/aromatic N) is 1. The maximum Gasteiger partial charge on any atom is 0.231 e. The number of hydrogen-bond acceptors (Lipinski definition) is 2. The third-order valence-corrected chi connectivity index (χ3v) is 3.78. The minimum Gasteiger partial charge on any atom is -0.395 e. The number of halogens is 1. The van der Waals surface area contributed by atoms with Crippen LogP contribution in [0.15, 0.2) is 24.3 Å². The van der Waals surface area contributed by atoms with E-state index in [0.717, 1.165) is 19.3 Å². The molecule has 18 heavy (non-hydrogen) atoms. The van der Waals surface area contributed by atoms with Crippen LogP contribution in [0.3, 0.4) is 0 Å². The first-order valence-electron chi connectivity index (χ1n) is 6.19. The lowest BCUT2D eigenvalue weighted by Crippen LogP contribution is -2.48. The summed E-state index contributed by atoms with van der Waals surface area (Å²) < 4.78 is 13.5. The Balaban J connectivity index is 2.06. The van der Waals surface area contributed by atoms with Crippen LogP contribution in [0.2, 0.25) is 0 Å². The summed E-state index contributed by atoms with van der Waals surface area (Å²) in [6.07, 6.45) is 2.42. The Labute approximate surface area is 106 Å². The largest absolute Gasteiger partial charge is 0.395 e. The highest BCUT2D eigenvalue weighted by atomic mass is 19.1. The van der Waals surface area contributed by atoms with E-state index in [1.807, 2.05) is 0 Å². The fourth-order valence-corrected chi connectivity index (χ4v) is 2.40. The summed E-state index contributed by atoms with van der Waals surface area (Å²) in [4.78, 5) is 13.7. The molecule has 0 atom stereocenters. The highest BCUT2D eigenvalue weighted by molar-refractivity contribution is 5.83. The van der Waals surface area contributed by atoms with Crippen LogP contribution in [0.1, 0.15) is 24.8 Å². The zero-order chi connectivity index (χ0) is 13.2. The summed E-state index contributed by atoms with van der Waals surface area (Å²) in [7, 11) is 1.66. The van der Waals surface area contributed by atoms with Crippen molar-refractivity contribution < 1.29 is 14.3 Å². The summed E-state index contributed by atoms with van der Waals surface area (Å²) in [6, 6.07) is 6.44. The van der Waals surface area contributed by atoms with E-state index in [1.165, 1.54) is 11.0 Å². The summed E-state index contributed by atoms with van der Waals surface area (Å²) in [6.45, 7) is 0.126. The molecule has 1 amide bonds. The van der Waals surface area contributed by atoms with Gasteiger partial charge in [-0.15, -0.1) is 0 Å². The number of amides is 1. The Morgan fingerprint density at radius 3 is 2.61 bits per heavy atom. The fraction of sp³-hybridized carbons (Fsp3) is 0.500. The standard InChI is InChI=1S/C14H18FNO2/c1-16(9-11-5-2-3-6-12(11)15)13(18)14(10-17)7-4-8-14/h2-3,5-6,17H,4,7-10H2,1H3. The van der Waals surface area contributed by atoms with Gasteiger partial charge < -0.3 is 10.0 Å². The van der Waals surface area contributed by atoms with E-state index in [-0.39, 0.29) is 24.9 Å². The predicted molar refractivity (Wildman–Crippen MR) is 66.2 cm³/mol. The van der Waals surface area contributed by atoms with Crippen molar-refractivity contribution in [3.05, 3.63) is 35.6 Å². The Kier molecular flexibility index (Phi) is 3.66. The van der Waals surface area contributed by atoms with Crippen LogP contribution in [0.5, 0.6) is 0 Å². The molecule has 1 fully saturated rings. The van der Waals surface area contributed by atoms with Crippen molar-refractivity contribution >= 4 is 5.91 Å². The second kappa shape index (κ2) is 5.06. The molecule has 1 aliphatic rings. The molecule has 0 heterocycles. The molecule has 0 saturated heterocycles. The molecule has 0 bridgehead atoms. The lowest BCUT2D eigenvalue weighted by molar-refractivity contribution is -0.150. The van der Waals surface area contributed by atoms with Gasteiger partial charge in [-0.25, -0.2) is 4.39 Å². The molecule has 1 aliphatic carbocycles. The second-order valence-electron chi connectivity index (χ2n) is 5.04. The zero-order valence-electron chi connectivity index (χ0n) is 10.5. The van der Waals surface area contributed by atoms with Crippen LogP contribution < -0.4 is 0 Å².